The Morgan fingerprint density at radius 1 is 1.33 bits per heavy atom. The number of halogens is 1. The third-order valence-corrected chi connectivity index (χ3v) is 4.62. The summed E-state index contributed by atoms with van der Waals surface area (Å²) in [6, 6.07) is 4.55. The minimum Gasteiger partial charge on any atom is -0.356 e. The summed E-state index contributed by atoms with van der Waals surface area (Å²) in [5.74, 6) is -0.286. The number of carbonyl (C=O) groups is 1. The molecule has 2 aromatic rings. The number of hydrogen-bond acceptors (Lipinski definition) is 7. The van der Waals surface area contributed by atoms with Gasteiger partial charge in [-0.3, -0.25) is 20.5 Å². The van der Waals surface area contributed by atoms with Gasteiger partial charge in [-0.05, 0) is 59.3 Å². The number of nitrogens with zero attached hydrogens (tertiary/aromatic N) is 3. The number of fused-ring (bicyclic) bond motifs is 1. The number of hydroxylamine groups is 1. The van der Waals surface area contributed by atoms with Crippen LogP contribution in [0.5, 0.6) is 0 Å². The van der Waals surface area contributed by atoms with E-state index >= 15 is 0 Å². The molecule has 10 heteroatoms. The van der Waals surface area contributed by atoms with E-state index in [1.165, 1.54) is 12.1 Å². The fraction of sp³-hybridized carbons (Fsp3) is 0.412. The van der Waals surface area contributed by atoms with E-state index in [4.69, 9.17) is 4.63 Å². The van der Waals surface area contributed by atoms with E-state index in [1.807, 2.05) is 5.48 Å². The second-order valence-electron chi connectivity index (χ2n) is 6.64. The molecule has 27 heavy (non-hydrogen) atoms. The lowest BCUT2D eigenvalue weighted by Crippen LogP contribution is -2.32. The Bertz CT molecular complexity index is 879. The van der Waals surface area contributed by atoms with Crippen molar-refractivity contribution in [2.45, 2.75) is 37.8 Å². The Labute approximate surface area is 154 Å². The average molecular weight is 374 g/mol. The van der Waals surface area contributed by atoms with E-state index in [0.29, 0.717) is 6.42 Å². The van der Waals surface area contributed by atoms with Gasteiger partial charge in [0, 0.05) is 6.04 Å². The van der Waals surface area contributed by atoms with Crippen molar-refractivity contribution >= 4 is 17.6 Å². The van der Waals surface area contributed by atoms with Gasteiger partial charge >= 0.3 is 0 Å². The molecule has 0 radical (unpaired) electrons. The molecule has 0 bridgehead atoms. The number of aromatic nitrogens is 2. The second kappa shape index (κ2) is 7.31. The van der Waals surface area contributed by atoms with Gasteiger partial charge in [-0.15, -0.1) is 0 Å². The molecule has 0 spiro atoms. The number of aryl methyl sites for hydroxylation is 1. The molecule has 9 nitrogen and oxygen atoms in total. The minimum atomic E-state index is -0.332. The molecule has 1 saturated carbocycles. The Hall–Kier alpha value is -3.01. The maximum Gasteiger partial charge on any atom is 0.239 e. The van der Waals surface area contributed by atoms with Crippen LogP contribution in [0.3, 0.4) is 0 Å². The van der Waals surface area contributed by atoms with Crippen LogP contribution in [-0.4, -0.2) is 39.8 Å². The number of carbonyl (C=O) groups excluding carboxylic acids is 1. The normalized spacial score (nSPS) is 18.9. The van der Waals surface area contributed by atoms with Crippen molar-refractivity contribution in [2.75, 3.05) is 11.9 Å². The van der Waals surface area contributed by atoms with Crippen molar-refractivity contribution in [3.8, 4) is 0 Å². The minimum absolute atomic E-state index is 0.00606. The van der Waals surface area contributed by atoms with Crippen LogP contribution in [0.4, 0.5) is 10.2 Å². The van der Waals surface area contributed by atoms with Crippen molar-refractivity contribution in [2.24, 2.45) is 4.99 Å². The number of anilines is 1. The van der Waals surface area contributed by atoms with Crippen LogP contribution in [-0.2, 0) is 11.2 Å². The highest BCUT2D eigenvalue weighted by atomic mass is 19.1. The molecular formula is C17H19FN6O3. The highest BCUT2D eigenvalue weighted by Gasteiger charge is 2.26. The summed E-state index contributed by atoms with van der Waals surface area (Å²) >= 11 is 0. The molecule has 1 amide bonds. The number of amides is 1. The smallest absolute Gasteiger partial charge is 0.239 e. The van der Waals surface area contributed by atoms with Gasteiger partial charge in [-0.2, -0.15) is 0 Å². The fourth-order valence-electron chi connectivity index (χ4n) is 3.11. The summed E-state index contributed by atoms with van der Waals surface area (Å²) in [6.07, 6.45) is 3.45. The fourth-order valence-corrected chi connectivity index (χ4v) is 3.11. The first-order valence-corrected chi connectivity index (χ1v) is 8.76. The van der Waals surface area contributed by atoms with E-state index in [2.05, 4.69) is 25.9 Å². The lowest BCUT2D eigenvalue weighted by Gasteiger charge is -2.10. The quantitative estimate of drug-likeness (QED) is 0.341. The van der Waals surface area contributed by atoms with Crippen molar-refractivity contribution < 1.29 is 19.0 Å². The lowest BCUT2D eigenvalue weighted by molar-refractivity contribution is -0.119. The van der Waals surface area contributed by atoms with E-state index < -0.39 is 0 Å². The molecule has 1 aromatic carbocycles. The summed E-state index contributed by atoms with van der Waals surface area (Å²) in [6.45, 7) is -0.00606. The first-order valence-electron chi connectivity index (χ1n) is 8.76. The Kier molecular flexibility index (Phi) is 4.71. The zero-order chi connectivity index (χ0) is 18.8. The van der Waals surface area contributed by atoms with Crippen LogP contribution < -0.4 is 16.1 Å². The molecule has 1 atom stereocenters. The maximum absolute atomic E-state index is 13.6. The standard InChI is InChI=1S/C17H19FN6O3/c18-10-3-1-9-2-6-13(12(9)7-10)21-17(22-26)15-16(24-27-23-15)19-8-14(25)20-11-4-5-11/h1,3,7,11,13,26H,2,4-6,8H2,(H,19,24)(H,20,25)(H,21,22). The van der Waals surface area contributed by atoms with E-state index in [-0.39, 0.29) is 47.7 Å². The third kappa shape index (κ3) is 3.90. The van der Waals surface area contributed by atoms with Crippen molar-refractivity contribution in [1.82, 2.24) is 21.1 Å². The van der Waals surface area contributed by atoms with Gasteiger partial charge in [0.15, 0.2) is 11.5 Å². The van der Waals surface area contributed by atoms with Crippen molar-refractivity contribution in [1.29, 1.82) is 0 Å². The number of nitrogens with one attached hydrogen (secondary N) is 3. The summed E-state index contributed by atoms with van der Waals surface area (Å²) < 4.78 is 18.3. The number of hydrogen-bond donors (Lipinski definition) is 4. The molecule has 4 rings (SSSR count). The van der Waals surface area contributed by atoms with Gasteiger partial charge < -0.3 is 10.6 Å². The van der Waals surface area contributed by atoms with Gasteiger partial charge in [-0.25, -0.2) is 9.02 Å². The Balaban J connectivity index is 1.50. The first-order chi connectivity index (χ1) is 13.1. The third-order valence-electron chi connectivity index (χ3n) is 4.62. The molecule has 2 aliphatic rings. The van der Waals surface area contributed by atoms with Gasteiger partial charge in [0.05, 0.1) is 12.6 Å². The molecule has 1 aromatic heterocycles. The summed E-state index contributed by atoms with van der Waals surface area (Å²) in [7, 11) is 0. The molecular weight excluding hydrogens is 355 g/mol. The van der Waals surface area contributed by atoms with Crippen LogP contribution in [0.1, 0.15) is 42.1 Å². The monoisotopic (exact) mass is 374 g/mol. The predicted octanol–water partition coefficient (Wildman–Crippen LogP) is 1.31. The average Bonchev–Trinajstić information content (AvgIpc) is 3.20. The lowest BCUT2D eigenvalue weighted by atomic mass is 10.1. The molecule has 1 unspecified atom stereocenters. The van der Waals surface area contributed by atoms with Crippen LogP contribution in [0.15, 0.2) is 27.8 Å². The van der Waals surface area contributed by atoms with Crippen LogP contribution in [0, 0.1) is 5.82 Å². The highest BCUT2D eigenvalue weighted by molar-refractivity contribution is 6.00. The van der Waals surface area contributed by atoms with E-state index in [0.717, 1.165) is 30.4 Å². The second-order valence-corrected chi connectivity index (χ2v) is 6.64. The van der Waals surface area contributed by atoms with Crippen molar-refractivity contribution in [3.63, 3.8) is 0 Å². The van der Waals surface area contributed by atoms with Gasteiger partial charge in [0.2, 0.25) is 11.7 Å². The van der Waals surface area contributed by atoms with Gasteiger partial charge in [0.1, 0.15) is 5.82 Å². The molecule has 1 fully saturated rings. The topological polar surface area (TPSA) is 125 Å². The number of amidine groups is 1. The number of aliphatic imine (C=N–C) groups is 1. The van der Waals surface area contributed by atoms with E-state index in [1.54, 1.807) is 6.07 Å². The molecule has 0 saturated heterocycles. The maximum atomic E-state index is 13.6. The zero-order valence-electron chi connectivity index (χ0n) is 14.4. The van der Waals surface area contributed by atoms with Crippen LogP contribution in [0.2, 0.25) is 0 Å². The first kappa shape index (κ1) is 17.4. The SMILES string of the molecule is O=C(CNc1nonc1C(=NC1CCc2ccc(F)cc21)NO)NC1CC1. The molecule has 0 aliphatic heterocycles. The van der Waals surface area contributed by atoms with Gasteiger partial charge in [-0.1, -0.05) is 6.07 Å². The zero-order valence-corrected chi connectivity index (χ0v) is 14.4. The predicted molar refractivity (Wildman–Crippen MR) is 92.9 cm³/mol. The molecule has 2 aliphatic carbocycles. The highest BCUT2D eigenvalue weighted by Crippen LogP contribution is 2.35. The van der Waals surface area contributed by atoms with Gasteiger partial charge in [0.25, 0.3) is 0 Å². The Morgan fingerprint density at radius 2 is 2.19 bits per heavy atom. The summed E-state index contributed by atoms with van der Waals surface area (Å²) in [5.41, 5.74) is 3.94. The largest absolute Gasteiger partial charge is 0.356 e. The molecule has 4 N–H and O–H groups in total. The molecule has 142 valence electrons. The van der Waals surface area contributed by atoms with Crippen molar-refractivity contribution in [3.05, 3.63) is 40.8 Å². The number of rotatable bonds is 6. The number of benzene rings is 1. The van der Waals surface area contributed by atoms with E-state index in [9.17, 15) is 14.4 Å². The van der Waals surface area contributed by atoms with Crippen LogP contribution in [0.25, 0.3) is 0 Å². The summed E-state index contributed by atoms with van der Waals surface area (Å²) in [5, 5.41) is 22.6. The van der Waals surface area contributed by atoms with Crippen LogP contribution >= 0.6 is 0 Å². The molecule has 1 heterocycles. The Morgan fingerprint density at radius 3 is 2.96 bits per heavy atom. The summed E-state index contributed by atoms with van der Waals surface area (Å²) in [4.78, 5) is 16.3.